The zero-order valence-electron chi connectivity index (χ0n) is 14.8. The predicted molar refractivity (Wildman–Crippen MR) is 98.5 cm³/mol. The minimum absolute atomic E-state index is 0.0935. The number of hydrogen-bond donors (Lipinski definition) is 1. The number of nitrogens with zero attached hydrogens (tertiary/aromatic N) is 3. The van der Waals surface area contributed by atoms with Gasteiger partial charge < -0.3 is 15.1 Å². The van der Waals surface area contributed by atoms with Crippen molar-refractivity contribution in [2.75, 3.05) is 51.2 Å². The molecule has 2 saturated heterocycles. The molecule has 2 amide bonds. The van der Waals surface area contributed by atoms with Gasteiger partial charge in [0, 0.05) is 45.0 Å². The Hall–Kier alpha value is -1.75. The highest BCUT2D eigenvalue weighted by Crippen LogP contribution is 2.20. The highest BCUT2D eigenvalue weighted by Gasteiger charge is 2.30. The Morgan fingerprint density at radius 1 is 1.17 bits per heavy atom. The van der Waals surface area contributed by atoms with Crippen LogP contribution in [0.3, 0.4) is 0 Å². The first kappa shape index (κ1) is 17.1. The average molecular weight is 330 g/mol. The molecule has 0 bridgehead atoms. The van der Waals surface area contributed by atoms with Crippen molar-refractivity contribution >= 4 is 11.7 Å². The summed E-state index contributed by atoms with van der Waals surface area (Å²) in [5.74, 6) is 0. The van der Waals surface area contributed by atoms with E-state index in [1.807, 2.05) is 23.1 Å². The number of anilines is 1. The molecule has 3 rings (SSSR count). The maximum atomic E-state index is 12.4. The normalized spacial score (nSPS) is 21.7. The average Bonchev–Trinajstić information content (AvgIpc) is 3.13. The van der Waals surface area contributed by atoms with Gasteiger partial charge in [0.15, 0.2) is 0 Å². The van der Waals surface area contributed by atoms with Crippen molar-refractivity contribution in [2.45, 2.75) is 31.7 Å². The number of carbonyl (C=O) groups is 1. The second kappa shape index (κ2) is 8.38. The van der Waals surface area contributed by atoms with Gasteiger partial charge in [-0.25, -0.2) is 4.79 Å². The van der Waals surface area contributed by atoms with Crippen LogP contribution >= 0.6 is 0 Å². The molecule has 24 heavy (non-hydrogen) atoms. The van der Waals surface area contributed by atoms with E-state index in [-0.39, 0.29) is 6.03 Å². The summed E-state index contributed by atoms with van der Waals surface area (Å²) in [6.07, 6.45) is 5.11. The number of benzene rings is 1. The molecule has 0 aromatic heterocycles. The van der Waals surface area contributed by atoms with Crippen LogP contribution in [0.25, 0.3) is 0 Å². The Labute approximate surface area is 145 Å². The first-order valence-electron chi connectivity index (χ1n) is 9.27. The number of piperidine rings is 1. The number of amides is 2. The molecule has 1 aromatic carbocycles. The maximum absolute atomic E-state index is 12.4. The molecule has 132 valence electrons. The summed E-state index contributed by atoms with van der Waals surface area (Å²) in [5, 5.41) is 3.08. The van der Waals surface area contributed by atoms with Crippen molar-refractivity contribution in [2.24, 2.45) is 0 Å². The van der Waals surface area contributed by atoms with E-state index in [4.69, 9.17) is 0 Å². The van der Waals surface area contributed by atoms with Crippen LogP contribution in [0.1, 0.15) is 25.7 Å². The SMILES string of the molecule is CN(CCNC(=O)N1CCC(N2CCCCC2)C1)c1ccccc1. The highest BCUT2D eigenvalue weighted by molar-refractivity contribution is 5.74. The van der Waals surface area contributed by atoms with Crippen molar-refractivity contribution in [1.82, 2.24) is 15.1 Å². The summed E-state index contributed by atoms with van der Waals surface area (Å²) in [7, 11) is 2.06. The standard InChI is InChI=1S/C19H30N4O/c1-21(17-8-4-2-5-9-17)15-11-20-19(24)23-14-10-18(16-23)22-12-6-3-7-13-22/h2,4-5,8-9,18H,3,6-7,10-16H2,1H3,(H,20,24). The molecular formula is C19H30N4O. The molecule has 1 aromatic rings. The number of hydrogen-bond acceptors (Lipinski definition) is 3. The second-order valence-corrected chi connectivity index (χ2v) is 6.97. The van der Waals surface area contributed by atoms with Gasteiger partial charge in [0.05, 0.1) is 0 Å². The van der Waals surface area contributed by atoms with Gasteiger partial charge in [0.1, 0.15) is 0 Å². The van der Waals surface area contributed by atoms with Crippen LogP contribution in [-0.4, -0.2) is 68.2 Å². The zero-order valence-corrected chi connectivity index (χ0v) is 14.8. The first-order valence-corrected chi connectivity index (χ1v) is 9.27. The van der Waals surface area contributed by atoms with Crippen LogP contribution in [0.4, 0.5) is 10.5 Å². The van der Waals surface area contributed by atoms with Gasteiger partial charge >= 0.3 is 6.03 Å². The van der Waals surface area contributed by atoms with Crippen molar-refractivity contribution in [3.8, 4) is 0 Å². The molecule has 5 nitrogen and oxygen atoms in total. The quantitative estimate of drug-likeness (QED) is 0.901. The fraction of sp³-hybridized carbons (Fsp3) is 0.632. The molecule has 1 atom stereocenters. The van der Waals surface area contributed by atoms with E-state index in [1.54, 1.807) is 0 Å². The summed E-state index contributed by atoms with van der Waals surface area (Å²) in [4.78, 5) is 19.1. The molecule has 0 aliphatic carbocycles. The molecule has 1 unspecified atom stereocenters. The van der Waals surface area contributed by atoms with E-state index in [1.165, 1.54) is 38.0 Å². The molecule has 2 heterocycles. The Balaban J connectivity index is 1.38. The van der Waals surface area contributed by atoms with Crippen molar-refractivity contribution in [3.05, 3.63) is 30.3 Å². The van der Waals surface area contributed by atoms with E-state index < -0.39 is 0 Å². The van der Waals surface area contributed by atoms with E-state index in [9.17, 15) is 4.79 Å². The monoisotopic (exact) mass is 330 g/mol. The van der Waals surface area contributed by atoms with E-state index in [0.29, 0.717) is 12.6 Å². The van der Waals surface area contributed by atoms with E-state index >= 15 is 0 Å². The molecule has 5 heteroatoms. The Morgan fingerprint density at radius 3 is 2.67 bits per heavy atom. The lowest BCUT2D eigenvalue weighted by atomic mass is 10.1. The summed E-state index contributed by atoms with van der Waals surface area (Å²) in [6.45, 7) is 5.69. The van der Waals surface area contributed by atoms with E-state index in [0.717, 1.165) is 26.1 Å². The summed E-state index contributed by atoms with van der Waals surface area (Å²) >= 11 is 0. The summed E-state index contributed by atoms with van der Waals surface area (Å²) in [5.41, 5.74) is 1.18. The number of nitrogens with one attached hydrogen (secondary N) is 1. The number of rotatable bonds is 5. The van der Waals surface area contributed by atoms with Gasteiger partial charge in [-0.15, -0.1) is 0 Å². The number of likely N-dealkylation sites (N-methyl/N-ethyl adjacent to an activating group) is 1. The van der Waals surface area contributed by atoms with Gasteiger partial charge in [-0.1, -0.05) is 24.6 Å². The third-order valence-electron chi connectivity index (χ3n) is 5.28. The van der Waals surface area contributed by atoms with Crippen LogP contribution in [0, 0.1) is 0 Å². The third kappa shape index (κ3) is 4.41. The fourth-order valence-corrected chi connectivity index (χ4v) is 3.76. The molecule has 0 spiro atoms. The van der Waals surface area contributed by atoms with Crippen LogP contribution in [0.15, 0.2) is 30.3 Å². The molecule has 2 fully saturated rings. The third-order valence-corrected chi connectivity index (χ3v) is 5.28. The van der Waals surface area contributed by atoms with Gasteiger partial charge in [-0.3, -0.25) is 4.90 Å². The van der Waals surface area contributed by atoms with Crippen LogP contribution in [0.2, 0.25) is 0 Å². The lowest BCUT2D eigenvalue weighted by Crippen LogP contribution is -2.45. The Bertz CT molecular complexity index is 515. The lowest BCUT2D eigenvalue weighted by Gasteiger charge is -2.32. The van der Waals surface area contributed by atoms with Crippen LogP contribution in [-0.2, 0) is 0 Å². The molecule has 0 saturated carbocycles. The molecule has 0 radical (unpaired) electrons. The number of carbonyl (C=O) groups excluding carboxylic acids is 1. The molecule has 2 aliphatic rings. The van der Waals surface area contributed by atoms with Crippen LogP contribution < -0.4 is 10.2 Å². The lowest BCUT2D eigenvalue weighted by molar-refractivity contribution is 0.161. The highest BCUT2D eigenvalue weighted by atomic mass is 16.2. The topological polar surface area (TPSA) is 38.8 Å². The molecule has 1 N–H and O–H groups in total. The van der Waals surface area contributed by atoms with Gasteiger partial charge in [0.2, 0.25) is 0 Å². The first-order chi connectivity index (χ1) is 11.7. The van der Waals surface area contributed by atoms with Crippen LogP contribution in [0.5, 0.6) is 0 Å². The Morgan fingerprint density at radius 2 is 1.92 bits per heavy atom. The maximum Gasteiger partial charge on any atom is 0.317 e. The van der Waals surface area contributed by atoms with Crippen molar-refractivity contribution in [1.29, 1.82) is 0 Å². The zero-order chi connectivity index (χ0) is 16.8. The van der Waals surface area contributed by atoms with Gasteiger partial charge in [-0.2, -0.15) is 0 Å². The number of para-hydroxylation sites is 1. The predicted octanol–water partition coefficient (Wildman–Crippen LogP) is 2.39. The molecular weight excluding hydrogens is 300 g/mol. The smallest absolute Gasteiger partial charge is 0.317 e. The van der Waals surface area contributed by atoms with E-state index in [2.05, 4.69) is 34.3 Å². The molecule has 2 aliphatic heterocycles. The minimum Gasteiger partial charge on any atom is -0.373 e. The largest absolute Gasteiger partial charge is 0.373 e. The number of likely N-dealkylation sites (tertiary alicyclic amines) is 2. The van der Waals surface area contributed by atoms with Gasteiger partial charge in [0.25, 0.3) is 0 Å². The van der Waals surface area contributed by atoms with Crippen molar-refractivity contribution < 1.29 is 4.79 Å². The second-order valence-electron chi connectivity index (χ2n) is 6.97. The Kier molecular flexibility index (Phi) is 5.96. The summed E-state index contributed by atoms with van der Waals surface area (Å²) < 4.78 is 0. The fourth-order valence-electron chi connectivity index (χ4n) is 3.76. The van der Waals surface area contributed by atoms with Crippen molar-refractivity contribution in [3.63, 3.8) is 0 Å². The summed E-state index contributed by atoms with van der Waals surface area (Å²) in [6, 6.07) is 10.9. The minimum atomic E-state index is 0.0935. The van der Waals surface area contributed by atoms with Gasteiger partial charge in [-0.05, 0) is 44.5 Å². The number of urea groups is 1.